The summed E-state index contributed by atoms with van der Waals surface area (Å²) in [5.74, 6) is 0.491. The summed E-state index contributed by atoms with van der Waals surface area (Å²) in [4.78, 5) is 19.6. The summed E-state index contributed by atoms with van der Waals surface area (Å²) in [5, 5.41) is 14.1. The molecular weight excluding hydrogens is 469 g/mol. The van der Waals surface area contributed by atoms with Gasteiger partial charge < -0.3 is 10.4 Å². The van der Waals surface area contributed by atoms with E-state index in [9.17, 15) is 9.90 Å². The van der Waals surface area contributed by atoms with Crippen LogP contribution in [0.5, 0.6) is 5.75 Å². The predicted octanol–water partition coefficient (Wildman–Crippen LogP) is 5.91. The molecule has 1 aromatic heterocycles. The van der Waals surface area contributed by atoms with E-state index in [1.54, 1.807) is 18.2 Å². The molecule has 1 aliphatic heterocycles. The van der Waals surface area contributed by atoms with Crippen LogP contribution in [0, 0.1) is 5.92 Å². The van der Waals surface area contributed by atoms with Gasteiger partial charge in [-0.05, 0) is 80.2 Å². The lowest BCUT2D eigenvalue weighted by Gasteiger charge is -2.36. The van der Waals surface area contributed by atoms with E-state index in [-0.39, 0.29) is 17.6 Å². The minimum absolute atomic E-state index is 0.00405. The number of benzene rings is 2. The number of phenolic OH excluding ortho intramolecular Hbond substituents is 1. The van der Waals surface area contributed by atoms with Crippen LogP contribution in [0.2, 0.25) is 10.0 Å². The Morgan fingerprint density at radius 2 is 1.82 bits per heavy atom. The number of carbonyl (C=O) groups is 1. The Labute approximate surface area is 210 Å². The van der Waals surface area contributed by atoms with Crippen molar-refractivity contribution in [1.82, 2.24) is 15.2 Å². The number of halogens is 2. The molecule has 3 aromatic rings. The fourth-order valence-electron chi connectivity index (χ4n) is 4.73. The smallest absolute Gasteiger partial charge is 0.255 e. The van der Waals surface area contributed by atoms with Crippen LogP contribution < -0.4 is 5.32 Å². The molecule has 1 aliphatic rings. The molecule has 0 saturated carbocycles. The van der Waals surface area contributed by atoms with Crippen molar-refractivity contribution in [3.8, 4) is 5.75 Å². The molecular formula is C27H29Cl2N3O2. The number of nitrogens with zero attached hydrogens (tertiary/aromatic N) is 2. The number of likely N-dealkylation sites (tertiary alicyclic amines) is 1. The van der Waals surface area contributed by atoms with Crippen molar-refractivity contribution >= 4 is 29.1 Å². The Hall–Kier alpha value is -2.60. The lowest BCUT2D eigenvalue weighted by atomic mass is 9.80. The zero-order valence-electron chi connectivity index (χ0n) is 19.0. The fraction of sp³-hybridized carbons (Fsp3) is 0.333. The molecule has 1 atom stereocenters. The first-order valence-corrected chi connectivity index (χ1v) is 12.4. The number of aromatic nitrogens is 1. The topological polar surface area (TPSA) is 65.5 Å². The number of hydrogen-bond donors (Lipinski definition) is 2. The second-order valence-corrected chi connectivity index (χ2v) is 9.60. The number of nitrogens with one attached hydrogen (secondary N) is 1. The molecule has 1 fully saturated rings. The summed E-state index contributed by atoms with van der Waals surface area (Å²) in [6, 6.07) is 18.5. The van der Waals surface area contributed by atoms with Crippen molar-refractivity contribution in [1.29, 1.82) is 0 Å². The molecule has 5 nitrogen and oxygen atoms in total. The van der Waals surface area contributed by atoms with Gasteiger partial charge in [0, 0.05) is 30.9 Å². The predicted molar refractivity (Wildman–Crippen MR) is 136 cm³/mol. The van der Waals surface area contributed by atoms with Crippen LogP contribution in [0.1, 0.15) is 46.8 Å². The second kappa shape index (κ2) is 11.7. The van der Waals surface area contributed by atoms with Crippen LogP contribution in [0.3, 0.4) is 0 Å². The van der Waals surface area contributed by atoms with E-state index in [0.717, 1.165) is 44.6 Å². The molecule has 7 heteroatoms. The lowest BCUT2D eigenvalue weighted by molar-refractivity contribution is 0.0946. The SMILES string of the molecule is O=C(NCCC(c1ccccn1)C1CCN(Cc2ccc(Cl)c(Cl)c2)CC1)c1ccccc1O. The summed E-state index contributed by atoms with van der Waals surface area (Å²) in [5.41, 5.74) is 2.54. The molecule has 0 radical (unpaired) electrons. The third-order valence-electron chi connectivity index (χ3n) is 6.55. The van der Waals surface area contributed by atoms with Crippen LogP contribution in [-0.4, -0.2) is 40.5 Å². The van der Waals surface area contributed by atoms with Crippen LogP contribution in [0.25, 0.3) is 0 Å². The van der Waals surface area contributed by atoms with Gasteiger partial charge in [0.25, 0.3) is 5.91 Å². The van der Waals surface area contributed by atoms with Gasteiger partial charge in [0.05, 0.1) is 15.6 Å². The summed E-state index contributed by atoms with van der Waals surface area (Å²) < 4.78 is 0. The van der Waals surface area contributed by atoms with Gasteiger partial charge in [-0.1, -0.05) is 47.5 Å². The molecule has 1 unspecified atom stereocenters. The second-order valence-electron chi connectivity index (χ2n) is 8.78. The Balaban J connectivity index is 1.35. The molecule has 2 heterocycles. The van der Waals surface area contributed by atoms with E-state index in [4.69, 9.17) is 23.2 Å². The normalized spacial score (nSPS) is 15.7. The maximum absolute atomic E-state index is 12.5. The standard InChI is InChI=1S/C27H29Cl2N3O2/c28-23-9-8-19(17-24(23)29)18-32-15-11-20(12-16-32)21(25-6-3-4-13-30-25)10-14-31-27(34)22-5-1-2-7-26(22)33/h1-9,13,17,20-21,33H,10-12,14-16,18H2,(H,31,34). The van der Waals surface area contributed by atoms with Crippen molar-refractivity contribution in [2.24, 2.45) is 5.92 Å². The van der Waals surface area contributed by atoms with Crippen LogP contribution >= 0.6 is 23.2 Å². The van der Waals surface area contributed by atoms with Gasteiger partial charge in [-0.2, -0.15) is 0 Å². The monoisotopic (exact) mass is 497 g/mol. The van der Waals surface area contributed by atoms with Crippen LogP contribution in [0.15, 0.2) is 66.9 Å². The lowest BCUT2D eigenvalue weighted by Crippen LogP contribution is -2.36. The first-order chi connectivity index (χ1) is 16.5. The highest BCUT2D eigenvalue weighted by molar-refractivity contribution is 6.42. The van der Waals surface area contributed by atoms with Crippen molar-refractivity contribution in [2.45, 2.75) is 31.7 Å². The Morgan fingerprint density at radius 1 is 1.06 bits per heavy atom. The van der Waals surface area contributed by atoms with Crippen LogP contribution in [-0.2, 0) is 6.54 Å². The molecule has 0 spiro atoms. The molecule has 34 heavy (non-hydrogen) atoms. The first kappa shape index (κ1) is 24.5. The minimum atomic E-state index is -0.255. The molecule has 2 aromatic carbocycles. The molecule has 178 valence electrons. The number of phenols is 1. The quantitative estimate of drug-likeness (QED) is 0.405. The highest BCUT2D eigenvalue weighted by Gasteiger charge is 2.28. The van der Waals surface area contributed by atoms with Crippen LogP contribution in [0.4, 0.5) is 0 Å². The Kier molecular flexibility index (Phi) is 8.44. The maximum atomic E-state index is 12.5. The number of carbonyl (C=O) groups excluding carboxylic acids is 1. The number of pyridine rings is 1. The van der Waals surface area contributed by atoms with E-state index < -0.39 is 0 Å². The van der Waals surface area contributed by atoms with Crippen molar-refractivity contribution in [3.63, 3.8) is 0 Å². The van der Waals surface area contributed by atoms with Gasteiger partial charge in [0.15, 0.2) is 0 Å². The average molecular weight is 498 g/mol. The summed E-state index contributed by atoms with van der Waals surface area (Å²) in [6.07, 6.45) is 4.77. The molecule has 4 rings (SSSR count). The third-order valence-corrected chi connectivity index (χ3v) is 7.29. The van der Waals surface area contributed by atoms with Gasteiger partial charge in [-0.25, -0.2) is 0 Å². The summed E-state index contributed by atoms with van der Waals surface area (Å²) >= 11 is 12.2. The van der Waals surface area contributed by atoms with E-state index >= 15 is 0 Å². The Morgan fingerprint density at radius 3 is 2.53 bits per heavy atom. The summed E-state index contributed by atoms with van der Waals surface area (Å²) in [7, 11) is 0. The molecule has 2 N–H and O–H groups in total. The number of piperidine rings is 1. The largest absolute Gasteiger partial charge is 0.507 e. The average Bonchev–Trinajstić information content (AvgIpc) is 2.85. The Bertz CT molecular complexity index is 1100. The summed E-state index contributed by atoms with van der Waals surface area (Å²) in [6.45, 7) is 3.38. The highest BCUT2D eigenvalue weighted by Crippen LogP contribution is 2.35. The number of para-hydroxylation sites is 1. The van der Waals surface area contributed by atoms with E-state index in [0.29, 0.717) is 28.1 Å². The molecule has 1 saturated heterocycles. The third kappa shape index (κ3) is 6.29. The zero-order chi connectivity index (χ0) is 23.9. The minimum Gasteiger partial charge on any atom is -0.507 e. The fourth-order valence-corrected chi connectivity index (χ4v) is 5.05. The number of aromatic hydroxyl groups is 1. The van der Waals surface area contributed by atoms with Crippen molar-refractivity contribution in [2.75, 3.05) is 19.6 Å². The molecule has 1 amide bonds. The first-order valence-electron chi connectivity index (χ1n) is 11.6. The van der Waals surface area contributed by atoms with Crippen molar-refractivity contribution in [3.05, 3.63) is 93.7 Å². The van der Waals surface area contributed by atoms with Gasteiger partial charge in [0.2, 0.25) is 0 Å². The number of hydrogen-bond acceptors (Lipinski definition) is 4. The highest BCUT2D eigenvalue weighted by atomic mass is 35.5. The molecule has 0 aliphatic carbocycles. The number of rotatable bonds is 8. The zero-order valence-corrected chi connectivity index (χ0v) is 20.5. The van der Waals surface area contributed by atoms with Gasteiger partial charge in [0.1, 0.15) is 5.75 Å². The maximum Gasteiger partial charge on any atom is 0.255 e. The van der Waals surface area contributed by atoms with Gasteiger partial charge >= 0.3 is 0 Å². The van der Waals surface area contributed by atoms with E-state index in [1.165, 1.54) is 11.6 Å². The molecule has 0 bridgehead atoms. The van der Waals surface area contributed by atoms with Gasteiger partial charge in [-0.15, -0.1) is 0 Å². The van der Waals surface area contributed by atoms with Gasteiger partial charge in [-0.3, -0.25) is 14.7 Å². The van der Waals surface area contributed by atoms with E-state index in [1.807, 2.05) is 36.5 Å². The van der Waals surface area contributed by atoms with Crippen molar-refractivity contribution < 1.29 is 9.90 Å². The van der Waals surface area contributed by atoms with E-state index in [2.05, 4.69) is 21.3 Å². The number of amides is 1.